The lowest BCUT2D eigenvalue weighted by Gasteiger charge is -2.22. The molecule has 1 N–H and O–H groups in total. The molecule has 0 unspecified atom stereocenters. The summed E-state index contributed by atoms with van der Waals surface area (Å²) in [5, 5.41) is 5.34. The number of carbonyl (C=O) groups is 1. The molecule has 0 aliphatic heterocycles. The summed E-state index contributed by atoms with van der Waals surface area (Å²) in [5.74, 6) is 0. The Balaban J connectivity index is 2.05. The second-order valence-corrected chi connectivity index (χ2v) is 6.39. The molecule has 0 radical (unpaired) electrons. The van der Waals surface area contributed by atoms with E-state index in [1.807, 2.05) is 39.8 Å². The first kappa shape index (κ1) is 15.4. The Morgan fingerprint density at radius 3 is 2.52 bits per heavy atom. The Bertz CT molecular complexity index is 623. The molecule has 3 heteroatoms. The SMILES string of the molecule is C[C@H](Cc1cccc2ccccc12)NC(=O)OC(C)(C)C. The first-order valence-corrected chi connectivity index (χ1v) is 7.31. The molecule has 0 aliphatic rings. The molecule has 0 spiro atoms. The molecule has 2 rings (SSSR count). The van der Waals surface area contributed by atoms with Gasteiger partial charge in [0.2, 0.25) is 0 Å². The lowest BCUT2D eigenvalue weighted by molar-refractivity contribution is 0.0508. The van der Waals surface area contributed by atoms with Crippen LogP contribution in [-0.2, 0) is 11.2 Å². The Labute approximate surface area is 126 Å². The Morgan fingerprint density at radius 1 is 1.14 bits per heavy atom. The van der Waals surface area contributed by atoms with E-state index in [-0.39, 0.29) is 12.1 Å². The standard InChI is InChI=1S/C18H23NO2/c1-13(19-17(20)21-18(2,3)4)12-15-10-7-9-14-8-5-6-11-16(14)15/h5-11,13H,12H2,1-4H3,(H,19,20)/t13-/m1/s1. The maximum absolute atomic E-state index is 11.8. The molecule has 0 saturated heterocycles. The van der Waals surface area contributed by atoms with Crippen LogP contribution in [0.1, 0.15) is 33.3 Å². The van der Waals surface area contributed by atoms with E-state index in [2.05, 4.69) is 35.6 Å². The maximum atomic E-state index is 11.8. The van der Waals surface area contributed by atoms with Crippen molar-refractivity contribution in [2.24, 2.45) is 0 Å². The van der Waals surface area contributed by atoms with E-state index in [1.165, 1.54) is 16.3 Å². The van der Waals surface area contributed by atoms with Gasteiger partial charge in [-0.05, 0) is 50.5 Å². The molecular weight excluding hydrogens is 262 g/mol. The summed E-state index contributed by atoms with van der Waals surface area (Å²) in [5.41, 5.74) is 0.764. The van der Waals surface area contributed by atoms with Crippen molar-refractivity contribution in [1.29, 1.82) is 0 Å². The lowest BCUT2D eigenvalue weighted by atomic mass is 9.99. The highest BCUT2D eigenvalue weighted by Crippen LogP contribution is 2.19. The van der Waals surface area contributed by atoms with Gasteiger partial charge in [0.1, 0.15) is 5.60 Å². The molecule has 0 bridgehead atoms. The van der Waals surface area contributed by atoms with Crippen molar-refractivity contribution in [2.75, 3.05) is 0 Å². The quantitative estimate of drug-likeness (QED) is 0.913. The van der Waals surface area contributed by atoms with E-state index in [0.29, 0.717) is 0 Å². The molecule has 0 aromatic heterocycles. The van der Waals surface area contributed by atoms with Crippen LogP contribution < -0.4 is 5.32 Å². The molecule has 1 amide bonds. The molecule has 0 heterocycles. The molecule has 3 nitrogen and oxygen atoms in total. The van der Waals surface area contributed by atoms with Crippen molar-refractivity contribution >= 4 is 16.9 Å². The fraction of sp³-hybridized carbons (Fsp3) is 0.389. The summed E-state index contributed by atoms with van der Waals surface area (Å²) in [6.07, 6.45) is 0.413. The van der Waals surface area contributed by atoms with Gasteiger partial charge >= 0.3 is 6.09 Å². The van der Waals surface area contributed by atoms with Crippen LogP contribution >= 0.6 is 0 Å². The van der Waals surface area contributed by atoms with Crippen molar-refractivity contribution < 1.29 is 9.53 Å². The summed E-state index contributed by atoms with van der Waals surface area (Å²) in [6.45, 7) is 7.58. The molecule has 112 valence electrons. The van der Waals surface area contributed by atoms with Gasteiger partial charge in [-0.25, -0.2) is 4.79 Å². The van der Waals surface area contributed by atoms with Crippen LogP contribution in [0.15, 0.2) is 42.5 Å². The minimum atomic E-state index is -0.469. The van der Waals surface area contributed by atoms with Crippen molar-refractivity contribution in [2.45, 2.75) is 45.8 Å². The highest BCUT2D eigenvalue weighted by atomic mass is 16.6. The number of alkyl carbamates (subject to hydrolysis) is 1. The summed E-state index contributed by atoms with van der Waals surface area (Å²) < 4.78 is 5.28. The highest BCUT2D eigenvalue weighted by Gasteiger charge is 2.18. The Morgan fingerprint density at radius 2 is 1.81 bits per heavy atom. The third kappa shape index (κ3) is 4.48. The van der Waals surface area contributed by atoms with E-state index in [1.54, 1.807) is 0 Å². The van der Waals surface area contributed by atoms with E-state index in [4.69, 9.17) is 4.74 Å². The molecule has 21 heavy (non-hydrogen) atoms. The smallest absolute Gasteiger partial charge is 0.407 e. The van der Waals surface area contributed by atoms with Gasteiger partial charge in [-0.15, -0.1) is 0 Å². The summed E-state index contributed by atoms with van der Waals surface area (Å²) >= 11 is 0. The van der Waals surface area contributed by atoms with E-state index in [0.717, 1.165) is 6.42 Å². The second-order valence-electron chi connectivity index (χ2n) is 6.39. The van der Waals surface area contributed by atoms with Gasteiger partial charge in [0.05, 0.1) is 0 Å². The van der Waals surface area contributed by atoms with Gasteiger partial charge in [-0.1, -0.05) is 42.5 Å². The number of hydrogen-bond donors (Lipinski definition) is 1. The number of rotatable bonds is 3. The Hall–Kier alpha value is -2.03. The van der Waals surface area contributed by atoms with Gasteiger partial charge < -0.3 is 10.1 Å². The van der Waals surface area contributed by atoms with Crippen molar-refractivity contribution in [3.8, 4) is 0 Å². The van der Waals surface area contributed by atoms with Gasteiger partial charge in [-0.2, -0.15) is 0 Å². The van der Waals surface area contributed by atoms with E-state index in [9.17, 15) is 4.79 Å². The minimum absolute atomic E-state index is 0.0191. The fourth-order valence-electron chi connectivity index (χ4n) is 2.36. The fourth-order valence-corrected chi connectivity index (χ4v) is 2.36. The molecule has 2 aromatic carbocycles. The third-order valence-electron chi connectivity index (χ3n) is 3.17. The van der Waals surface area contributed by atoms with Crippen LogP contribution in [0.4, 0.5) is 4.79 Å². The van der Waals surface area contributed by atoms with Gasteiger partial charge in [0.15, 0.2) is 0 Å². The van der Waals surface area contributed by atoms with Crippen molar-refractivity contribution in [1.82, 2.24) is 5.32 Å². The average molecular weight is 285 g/mol. The zero-order valence-electron chi connectivity index (χ0n) is 13.1. The Kier molecular flexibility index (Phi) is 4.51. The predicted molar refractivity (Wildman–Crippen MR) is 86.5 cm³/mol. The third-order valence-corrected chi connectivity index (χ3v) is 3.17. The number of fused-ring (bicyclic) bond motifs is 1. The van der Waals surface area contributed by atoms with Gasteiger partial charge in [0.25, 0.3) is 0 Å². The number of carbonyl (C=O) groups excluding carboxylic acids is 1. The number of nitrogens with one attached hydrogen (secondary N) is 1. The molecule has 1 atom stereocenters. The predicted octanol–water partition coefficient (Wildman–Crippen LogP) is 4.30. The molecule has 2 aromatic rings. The first-order valence-electron chi connectivity index (χ1n) is 7.31. The average Bonchev–Trinajstić information content (AvgIpc) is 2.36. The van der Waals surface area contributed by atoms with E-state index >= 15 is 0 Å². The number of benzene rings is 2. The van der Waals surface area contributed by atoms with Crippen LogP contribution in [-0.4, -0.2) is 17.7 Å². The number of amides is 1. The van der Waals surface area contributed by atoms with Crippen LogP contribution in [0.25, 0.3) is 10.8 Å². The topological polar surface area (TPSA) is 38.3 Å². The molecule has 0 fully saturated rings. The normalized spacial score (nSPS) is 13.0. The number of ether oxygens (including phenoxy) is 1. The van der Waals surface area contributed by atoms with Crippen LogP contribution in [0.5, 0.6) is 0 Å². The zero-order valence-corrected chi connectivity index (χ0v) is 13.1. The van der Waals surface area contributed by atoms with Crippen molar-refractivity contribution in [3.05, 3.63) is 48.0 Å². The number of hydrogen-bond acceptors (Lipinski definition) is 2. The molecular formula is C18H23NO2. The van der Waals surface area contributed by atoms with E-state index < -0.39 is 5.60 Å². The van der Waals surface area contributed by atoms with Crippen molar-refractivity contribution in [3.63, 3.8) is 0 Å². The van der Waals surface area contributed by atoms with Crippen LogP contribution in [0.2, 0.25) is 0 Å². The second kappa shape index (κ2) is 6.17. The molecule has 0 saturated carbocycles. The highest BCUT2D eigenvalue weighted by molar-refractivity contribution is 5.85. The van der Waals surface area contributed by atoms with Crippen LogP contribution in [0, 0.1) is 0 Å². The maximum Gasteiger partial charge on any atom is 0.407 e. The monoisotopic (exact) mass is 285 g/mol. The van der Waals surface area contributed by atoms with Gasteiger partial charge in [0, 0.05) is 6.04 Å². The van der Waals surface area contributed by atoms with Gasteiger partial charge in [-0.3, -0.25) is 0 Å². The lowest BCUT2D eigenvalue weighted by Crippen LogP contribution is -2.38. The summed E-state index contributed by atoms with van der Waals surface area (Å²) in [4.78, 5) is 11.8. The summed E-state index contributed by atoms with van der Waals surface area (Å²) in [7, 11) is 0. The largest absolute Gasteiger partial charge is 0.444 e. The summed E-state index contributed by atoms with van der Waals surface area (Å²) in [6, 6.07) is 14.6. The zero-order chi connectivity index (χ0) is 15.5. The first-order chi connectivity index (χ1) is 9.85. The minimum Gasteiger partial charge on any atom is -0.444 e. The van der Waals surface area contributed by atoms with Crippen LogP contribution in [0.3, 0.4) is 0 Å². The molecule has 0 aliphatic carbocycles.